The van der Waals surface area contributed by atoms with Crippen LogP contribution in [0.5, 0.6) is 0 Å². The molecule has 0 saturated heterocycles. The Morgan fingerprint density at radius 2 is 1.88 bits per heavy atom. The summed E-state index contributed by atoms with van der Waals surface area (Å²) in [5, 5.41) is 16.3. The van der Waals surface area contributed by atoms with Gasteiger partial charge in [0.05, 0.1) is 11.9 Å². The Bertz CT molecular complexity index is 526. The first kappa shape index (κ1) is 10.4. The fraction of sp³-hybridized carbons (Fsp3) is 0.182. The quantitative estimate of drug-likeness (QED) is 0.829. The van der Waals surface area contributed by atoms with Gasteiger partial charge < -0.3 is 5.11 Å². The average Bonchev–Trinajstić information content (AvgIpc) is 2.63. The van der Waals surface area contributed by atoms with Crippen molar-refractivity contribution in [3.8, 4) is 5.69 Å². The molecule has 5 heteroatoms. The molecule has 0 aliphatic rings. The van der Waals surface area contributed by atoms with Crippen molar-refractivity contribution in [2.75, 3.05) is 0 Å². The first-order valence-corrected chi connectivity index (χ1v) is 4.80. The van der Waals surface area contributed by atoms with Crippen LogP contribution in [0.3, 0.4) is 0 Å². The Morgan fingerprint density at radius 1 is 1.25 bits per heavy atom. The highest BCUT2D eigenvalue weighted by Gasteiger charge is 2.13. The lowest BCUT2D eigenvalue weighted by molar-refractivity contribution is 0.0687. The molecule has 2 rings (SSSR count). The molecule has 0 aliphatic heterocycles. The first-order chi connectivity index (χ1) is 7.58. The van der Waals surface area contributed by atoms with Crippen LogP contribution in [-0.4, -0.2) is 26.1 Å². The van der Waals surface area contributed by atoms with E-state index in [4.69, 9.17) is 5.11 Å². The third-order valence-corrected chi connectivity index (χ3v) is 2.22. The van der Waals surface area contributed by atoms with E-state index in [9.17, 15) is 4.79 Å². The van der Waals surface area contributed by atoms with Gasteiger partial charge in [0.25, 0.3) is 0 Å². The Morgan fingerprint density at radius 3 is 2.44 bits per heavy atom. The maximum Gasteiger partial charge on any atom is 0.356 e. The number of aromatic carboxylic acids is 1. The number of hydrogen-bond donors (Lipinski definition) is 1. The van der Waals surface area contributed by atoms with Crippen molar-refractivity contribution < 1.29 is 9.90 Å². The van der Waals surface area contributed by atoms with E-state index in [2.05, 4.69) is 10.3 Å². The Kier molecular flexibility index (Phi) is 2.44. The van der Waals surface area contributed by atoms with Crippen LogP contribution in [0, 0.1) is 13.8 Å². The number of nitrogens with zero attached hydrogens (tertiary/aromatic N) is 3. The lowest BCUT2D eigenvalue weighted by Gasteiger charge is -2.05. The van der Waals surface area contributed by atoms with E-state index >= 15 is 0 Å². The molecule has 0 amide bonds. The molecular formula is C11H11N3O2. The molecule has 0 bridgehead atoms. The third kappa shape index (κ3) is 1.79. The molecule has 0 unspecified atom stereocenters. The molecule has 1 N–H and O–H groups in total. The second-order valence-corrected chi connectivity index (χ2v) is 3.68. The third-order valence-electron chi connectivity index (χ3n) is 2.22. The smallest absolute Gasteiger partial charge is 0.356 e. The topological polar surface area (TPSA) is 68.0 Å². The van der Waals surface area contributed by atoms with E-state index in [1.54, 1.807) is 0 Å². The van der Waals surface area contributed by atoms with Crippen LogP contribution in [0.25, 0.3) is 5.69 Å². The molecule has 5 nitrogen and oxygen atoms in total. The predicted molar refractivity (Wildman–Crippen MR) is 57.8 cm³/mol. The van der Waals surface area contributed by atoms with Crippen LogP contribution in [-0.2, 0) is 0 Å². The summed E-state index contributed by atoms with van der Waals surface area (Å²) in [6.45, 7) is 3.90. The summed E-state index contributed by atoms with van der Waals surface area (Å²) < 4.78 is 1.32. The molecule has 2 aromatic rings. The van der Waals surface area contributed by atoms with Gasteiger partial charge in [-0.05, 0) is 37.1 Å². The maximum atomic E-state index is 10.9. The highest BCUT2D eigenvalue weighted by Crippen LogP contribution is 2.14. The van der Waals surface area contributed by atoms with E-state index in [0.717, 1.165) is 11.1 Å². The zero-order valence-corrected chi connectivity index (χ0v) is 9.01. The van der Waals surface area contributed by atoms with Crippen molar-refractivity contribution in [2.45, 2.75) is 13.8 Å². The van der Waals surface area contributed by atoms with Gasteiger partial charge in [-0.2, -0.15) is 0 Å². The zero-order valence-electron chi connectivity index (χ0n) is 9.01. The molecule has 0 radical (unpaired) electrons. The minimum atomic E-state index is -1.04. The van der Waals surface area contributed by atoms with Crippen molar-refractivity contribution >= 4 is 5.97 Å². The van der Waals surface area contributed by atoms with Crippen LogP contribution in [0.1, 0.15) is 21.6 Å². The summed E-state index contributed by atoms with van der Waals surface area (Å²) in [5.41, 5.74) is 2.89. The number of carbonyl (C=O) groups is 1. The lowest BCUT2D eigenvalue weighted by Crippen LogP contribution is -2.08. The summed E-state index contributed by atoms with van der Waals surface area (Å²) >= 11 is 0. The monoisotopic (exact) mass is 217 g/mol. The van der Waals surface area contributed by atoms with E-state index in [0.29, 0.717) is 5.69 Å². The van der Waals surface area contributed by atoms with Gasteiger partial charge in [-0.25, -0.2) is 9.48 Å². The number of rotatable bonds is 2. The van der Waals surface area contributed by atoms with Crippen molar-refractivity contribution in [2.24, 2.45) is 0 Å². The Balaban J connectivity index is 2.58. The second-order valence-electron chi connectivity index (χ2n) is 3.68. The van der Waals surface area contributed by atoms with Crippen LogP contribution < -0.4 is 0 Å². The molecule has 0 aliphatic carbocycles. The van der Waals surface area contributed by atoms with Gasteiger partial charge in [0.2, 0.25) is 0 Å². The number of hydrogen-bond acceptors (Lipinski definition) is 3. The van der Waals surface area contributed by atoms with Crippen molar-refractivity contribution in [3.05, 3.63) is 41.2 Å². The van der Waals surface area contributed by atoms with Crippen molar-refractivity contribution in [1.29, 1.82) is 0 Å². The lowest BCUT2D eigenvalue weighted by atomic mass is 10.1. The number of carboxylic acid groups (broad SMARTS) is 1. The van der Waals surface area contributed by atoms with E-state index in [1.807, 2.05) is 32.0 Å². The molecular weight excluding hydrogens is 206 g/mol. The van der Waals surface area contributed by atoms with E-state index in [-0.39, 0.29) is 5.69 Å². The summed E-state index contributed by atoms with van der Waals surface area (Å²) in [6.07, 6.45) is 1.24. The predicted octanol–water partition coefficient (Wildman–Crippen LogP) is 1.58. The van der Waals surface area contributed by atoms with Crippen LogP contribution in [0.4, 0.5) is 0 Å². The second kappa shape index (κ2) is 3.77. The molecule has 1 aromatic carbocycles. The fourth-order valence-electron chi connectivity index (χ4n) is 1.64. The van der Waals surface area contributed by atoms with Crippen molar-refractivity contribution in [3.63, 3.8) is 0 Å². The molecule has 1 heterocycles. The molecule has 0 saturated carbocycles. The molecule has 0 spiro atoms. The molecule has 0 fully saturated rings. The van der Waals surface area contributed by atoms with Crippen LogP contribution >= 0.6 is 0 Å². The Hall–Kier alpha value is -2.17. The highest BCUT2D eigenvalue weighted by atomic mass is 16.4. The minimum absolute atomic E-state index is 0.0602. The number of aryl methyl sites for hydroxylation is 2. The fourth-order valence-corrected chi connectivity index (χ4v) is 1.64. The average molecular weight is 217 g/mol. The summed E-state index contributed by atoms with van der Waals surface area (Å²) in [4.78, 5) is 10.9. The largest absolute Gasteiger partial charge is 0.476 e. The van der Waals surface area contributed by atoms with Gasteiger partial charge >= 0.3 is 5.97 Å². The van der Waals surface area contributed by atoms with Crippen molar-refractivity contribution in [1.82, 2.24) is 15.0 Å². The molecule has 82 valence electrons. The van der Waals surface area contributed by atoms with Gasteiger partial charge in [0.15, 0.2) is 5.69 Å². The van der Waals surface area contributed by atoms with Gasteiger partial charge in [0.1, 0.15) is 0 Å². The van der Waals surface area contributed by atoms with Gasteiger partial charge in [-0.1, -0.05) is 11.3 Å². The minimum Gasteiger partial charge on any atom is -0.476 e. The maximum absolute atomic E-state index is 10.9. The standard InChI is InChI=1S/C11H11N3O2/c1-7-3-8(2)5-9(4-7)14-10(11(15)16)6-12-13-14/h3-6H,1-2H3,(H,15,16). The van der Waals surface area contributed by atoms with Gasteiger partial charge in [-0.3, -0.25) is 0 Å². The van der Waals surface area contributed by atoms with Gasteiger partial charge in [-0.15, -0.1) is 5.10 Å². The van der Waals surface area contributed by atoms with Crippen LogP contribution in [0.2, 0.25) is 0 Å². The summed E-state index contributed by atoms with van der Waals surface area (Å²) in [5.74, 6) is -1.04. The van der Waals surface area contributed by atoms with E-state index in [1.165, 1.54) is 10.9 Å². The summed E-state index contributed by atoms with van der Waals surface area (Å²) in [6, 6.07) is 5.75. The number of benzene rings is 1. The summed E-state index contributed by atoms with van der Waals surface area (Å²) in [7, 11) is 0. The number of aromatic nitrogens is 3. The van der Waals surface area contributed by atoms with Gasteiger partial charge in [0, 0.05) is 0 Å². The molecule has 1 aromatic heterocycles. The Labute approximate surface area is 92.3 Å². The van der Waals surface area contributed by atoms with Crippen LogP contribution in [0.15, 0.2) is 24.4 Å². The number of carboxylic acids is 1. The SMILES string of the molecule is Cc1cc(C)cc(-n2nncc2C(=O)O)c1. The van der Waals surface area contributed by atoms with E-state index < -0.39 is 5.97 Å². The molecule has 0 atom stereocenters. The highest BCUT2D eigenvalue weighted by molar-refractivity contribution is 5.85. The normalized spacial score (nSPS) is 10.4. The zero-order chi connectivity index (χ0) is 11.7. The molecule has 16 heavy (non-hydrogen) atoms. The first-order valence-electron chi connectivity index (χ1n) is 4.80.